The van der Waals surface area contributed by atoms with Crippen molar-refractivity contribution in [3.8, 4) is 0 Å². The molecule has 0 N–H and O–H groups in total. The van der Waals surface area contributed by atoms with Gasteiger partial charge in [-0.15, -0.1) is 0 Å². The van der Waals surface area contributed by atoms with E-state index >= 15 is 0 Å². The van der Waals surface area contributed by atoms with Crippen LogP contribution in [0.5, 0.6) is 0 Å². The summed E-state index contributed by atoms with van der Waals surface area (Å²) in [7, 11) is 0. The first-order valence-corrected chi connectivity index (χ1v) is 4.57. The van der Waals surface area contributed by atoms with E-state index in [0.29, 0.717) is 0 Å². The third kappa shape index (κ3) is 1.99. The summed E-state index contributed by atoms with van der Waals surface area (Å²) in [6, 6.07) is 8.48. The van der Waals surface area contributed by atoms with Crippen LogP contribution in [0.25, 0.3) is 0 Å². The molecule has 2 nitrogen and oxygen atoms in total. The van der Waals surface area contributed by atoms with Crippen LogP contribution in [-0.4, -0.2) is 6.17 Å². The molecule has 0 aliphatic carbocycles. The summed E-state index contributed by atoms with van der Waals surface area (Å²) in [5.74, 6) is 0. The van der Waals surface area contributed by atoms with Gasteiger partial charge in [-0.2, -0.15) is 10.2 Å². The van der Waals surface area contributed by atoms with Gasteiger partial charge in [0.05, 0.1) is 0 Å². The summed E-state index contributed by atoms with van der Waals surface area (Å²) in [6.07, 6.45) is 1.23. The molecule has 0 saturated heterocycles. The molecule has 1 aliphatic heterocycles. The third-order valence-electron chi connectivity index (χ3n) is 1.61. The van der Waals surface area contributed by atoms with Crippen LogP contribution in [0.15, 0.2) is 34.5 Å². The van der Waals surface area contributed by atoms with Crippen LogP contribution in [-0.2, 0) is 6.42 Å². The Hall–Kier alpha value is -0.450. The van der Waals surface area contributed by atoms with Crippen LogP contribution >= 0.6 is 22.6 Å². The second-order valence-electron chi connectivity index (χ2n) is 2.54. The Morgan fingerprint density at radius 1 is 1.18 bits per heavy atom. The van der Waals surface area contributed by atoms with Crippen molar-refractivity contribution in [1.82, 2.24) is 0 Å². The molecule has 0 radical (unpaired) electrons. The minimum Gasteiger partial charge on any atom is -0.162 e. The molecule has 56 valence electrons. The fourth-order valence-corrected chi connectivity index (χ4v) is 1.32. The molecule has 0 spiro atoms. The normalized spacial score (nSPS) is 15.4. The maximum absolute atomic E-state index is 3.84. The lowest BCUT2D eigenvalue weighted by molar-refractivity contribution is 0.905. The molecule has 3 heteroatoms. The van der Waals surface area contributed by atoms with E-state index in [0.717, 1.165) is 6.42 Å². The lowest BCUT2D eigenvalue weighted by atomic mass is 10.1. The van der Waals surface area contributed by atoms with Gasteiger partial charge in [0.2, 0.25) is 0 Å². The van der Waals surface area contributed by atoms with E-state index in [2.05, 4.69) is 57.1 Å². The molecular formula is C8H7IN2. The second kappa shape index (κ2) is 2.89. The minimum absolute atomic E-state index is 0.259. The topological polar surface area (TPSA) is 24.7 Å². The van der Waals surface area contributed by atoms with Gasteiger partial charge in [0.15, 0.2) is 6.17 Å². The maximum atomic E-state index is 3.84. The molecular weight excluding hydrogens is 251 g/mol. The zero-order valence-corrected chi connectivity index (χ0v) is 8.02. The van der Waals surface area contributed by atoms with Gasteiger partial charge < -0.3 is 0 Å². The van der Waals surface area contributed by atoms with Crippen LogP contribution in [0, 0.1) is 3.57 Å². The molecule has 1 heterocycles. The fourth-order valence-electron chi connectivity index (χ4n) is 0.960. The van der Waals surface area contributed by atoms with E-state index in [-0.39, 0.29) is 6.17 Å². The van der Waals surface area contributed by atoms with E-state index in [1.165, 1.54) is 9.13 Å². The summed E-state index contributed by atoms with van der Waals surface area (Å²) in [5.41, 5.74) is 1.32. The van der Waals surface area contributed by atoms with E-state index in [1.807, 2.05) is 0 Å². The van der Waals surface area contributed by atoms with Crippen molar-refractivity contribution >= 4 is 22.6 Å². The van der Waals surface area contributed by atoms with Crippen LogP contribution in [0.1, 0.15) is 5.56 Å². The van der Waals surface area contributed by atoms with Crippen molar-refractivity contribution in [3.63, 3.8) is 0 Å². The van der Waals surface area contributed by atoms with Crippen molar-refractivity contribution in [1.29, 1.82) is 0 Å². The fraction of sp³-hybridized carbons (Fsp3) is 0.250. The number of hydrogen-bond acceptors (Lipinski definition) is 2. The van der Waals surface area contributed by atoms with Crippen LogP contribution in [0.2, 0.25) is 0 Å². The van der Waals surface area contributed by atoms with Gasteiger partial charge in [-0.1, -0.05) is 12.1 Å². The zero-order valence-electron chi connectivity index (χ0n) is 5.87. The van der Waals surface area contributed by atoms with Gasteiger partial charge in [-0.25, -0.2) is 0 Å². The van der Waals surface area contributed by atoms with Crippen molar-refractivity contribution in [2.24, 2.45) is 10.2 Å². The smallest absolute Gasteiger partial charge is 0.162 e. The summed E-state index contributed by atoms with van der Waals surface area (Å²) < 4.78 is 1.27. The van der Waals surface area contributed by atoms with Crippen molar-refractivity contribution < 1.29 is 0 Å². The standard InChI is InChI=1S/C8H7IN2/c9-7-3-1-6(2-4-7)5-8-10-11-8/h1-4,8H,5H2. The maximum Gasteiger partial charge on any atom is 0.185 e. The number of halogens is 1. The van der Waals surface area contributed by atoms with Gasteiger partial charge in [0.1, 0.15) is 0 Å². The summed E-state index contributed by atoms with van der Waals surface area (Å²) in [5, 5.41) is 7.69. The lowest BCUT2D eigenvalue weighted by Crippen LogP contribution is -1.91. The monoisotopic (exact) mass is 258 g/mol. The van der Waals surface area contributed by atoms with Crippen LogP contribution in [0.4, 0.5) is 0 Å². The average molecular weight is 258 g/mol. The molecule has 0 saturated carbocycles. The average Bonchev–Trinajstić information content (AvgIpc) is 2.78. The Morgan fingerprint density at radius 2 is 1.82 bits per heavy atom. The first-order valence-electron chi connectivity index (χ1n) is 3.49. The molecule has 1 aliphatic rings. The number of nitrogens with zero attached hydrogens (tertiary/aromatic N) is 2. The van der Waals surface area contributed by atoms with E-state index < -0.39 is 0 Å². The molecule has 1 aromatic carbocycles. The van der Waals surface area contributed by atoms with Crippen molar-refractivity contribution in [3.05, 3.63) is 33.4 Å². The first-order chi connectivity index (χ1) is 5.34. The summed E-state index contributed by atoms with van der Waals surface area (Å²) >= 11 is 2.30. The number of benzene rings is 1. The molecule has 11 heavy (non-hydrogen) atoms. The Morgan fingerprint density at radius 3 is 2.36 bits per heavy atom. The molecule has 0 amide bonds. The van der Waals surface area contributed by atoms with Gasteiger partial charge in [0.25, 0.3) is 0 Å². The molecule has 0 bridgehead atoms. The molecule has 0 aromatic heterocycles. The highest BCUT2D eigenvalue weighted by molar-refractivity contribution is 14.1. The van der Waals surface area contributed by atoms with Gasteiger partial charge in [-0.05, 0) is 40.3 Å². The Labute approximate surface area is 78.9 Å². The van der Waals surface area contributed by atoms with Crippen molar-refractivity contribution in [2.45, 2.75) is 12.6 Å². The Balaban J connectivity index is 2.06. The highest BCUT2D eigenvalue weighted by atomic mass is 127. The Bertz CT molecular complexity index is 273. The lowest BCUT2D eigenvalue weighted by Gasteiger charge is -1.95. The third-order valence-corrected chi connectivity index (χ3v) is 2.33. The second-order valence-corrected chi connectivity index (χ2v) is 3.79. The molecule has 0 fully saturated rings. The summed E-state index contributed by atoms with van der Waals surface area (Å²) in [6.45, 7) is 0. The van der Waals surface area contributed by atoms with Gasteiger partial charge in [-0.3, -0.25) is 0 Å². The van der Waals surface area contributed by atoms with Crippen LogP contribution < -0.4 is 0 Å². The molecule has 1 aromatic rings. The van der Waals surface area contributed by atoms with Gasteiger partial charge in [0, 0.05) is 9.99 Å². The highest BCUT2D eigenvalue weighted by Crippen LogP contribution is 2.17. The van der Waals surface area contributed by atoms with E-state index in [1.54, 1.807) is 0 Å². The Kier molecular flexibility index (Phi) is 1.89. The molecule has 0 atom stereocenters. The zero-order chi connectivity index (χ0) is 7.68. The predicted octanol–water partition coefficient (Wildman–Crippen LogP) is 2.63. The quantitative estimate of drug-likeness (QED) is 0.728. The predicted molar refractivity (Wildman–Crippen MR) is 51.5 cm³/mol. The highest BCUT2D eigenvalue weighted by Gasteiger charge is 2.15. The number of rotatable bonds is 2. The summed E-state index contributed by atoms with van der Waals surface area (Å²) in [4.78, 5) is 0. The van der Waals surface area contributed by atoms with Crippen molar-refractivity contribution in [2.75, 3.05) is 0 Å². The minimum atomic E-state index is 0.259. The largest absolute Gasteiger partial charge is 0.185 e. The molecule has 0 unspecified atom stereocenters. The van der Waals surface area contributed by atoms with E-state index in [9.17, 15) is 0 Å². The van der Waals surface area contributed by atoms with Crippen LogP contribution in [0.3, 0.4) is 0 Å². The first kappa shape index (κ1) is 7.21. The SMILES string of the molecule is Ic1ccc(CC2N=N2)cc1. The van der Waals surface area contributed by atoms with Gasteiger partial charge >= 0.3 is 0 Å². The van der Waals surface area contributed by atoms with E-state index in [4.69, 9.17) is 0 Å². The number of hydrogen-bond donors (Lipinski definition) is 0. The molecule has 2 rings (SSSR count).